The predicted molar refractivity (Wildman–Crippen MR) is 81.4 cm³/mol. The van der Waals surface area contributed by atoms with Crippen LogP contribution in [-0.4, -0.2) is 34.3 Å². The fourth-order valence-electron chi connectivity index (χ4n) is 2.23. The van der Waals surface area contributed by atoms with Gasteiger partial charge in [-0.15, -0.1) is 16.4 Å². The van der Waals surface area contributed by atoms with Gasteiger partial charge in [0, 0.05) is 19.1 Å². The van der Waals surface area contributed by atoms with E-state index >= 15 is 0 Å². The number of rotatable bonds is 2. The zero-order valence-electron chi connectivity index (χ0n) is 10.6. The van der Waals surface area contributed by atoms with Gasteiger partial charge in [-0.3, -0.25) is 5.10 Å². The summed E-state index contributed by atoms with van der Waals surface area (Å²) in [5.74, 6) is 2.14. The Kier molecular flexibility index (Phi) is 3.60. The van der Waals surface area contributed by atoms with E-state index in [9.17, 15) is 0 Å². The van der Waals surface area contributed by atoms with E-state index in [4.69, 9.17) is 5.73 Å². The summed E-state index contributed by atoms with van der Waals surface area (Å²) < 4.78 is 1.09. The van der Waals surface area contributed by atoms with Crippen molar-refractivity contribution in [2.24, 2.45) is 11.7 Å². The third-order valence-corrected chi connectivity index (χ3v) is 5.21. The molecule has 1 saturated heterocycles. The molecule has 0 aliphatic carbocycles. The van der Waals surface area contributed by atoms with Crippen molar-refractivity contribution in [3.63, 3.8) is 0 Å². The Labute approximate surface area is 124 Å². The largest absolute Gasteiger partial charge is 0.338 e. The first-order chi connectivity index (χ1) is 9.13. The van der Waals surface area contributed by atoms with Crippen molar-refractivity contribution in [3.8, 4) is 10.7 Å². The lowest BCUT2D eigenvalue weighted by Gasteiger charge is -2.34. The van der Waals surface area contributed by atoms with Gasteiger partial charge in [0.2, 0.25) is 5.95 Å². The Hall–Kier alpha value is -0.920. The van der Waals surface area contributed by atoms with Crippen LogP contribution in [0.25, 0.3) is 10.7 Å². The van der Waals surface area contributed by atoms with Crippen LogP contribution >= 0.6 is 27.3 Å². The Morgan fingerprint density at radius 3 is 3.05 bits per heavy atom. The van der Waals surface area contributed by atoms with E-state index in [1.165, 1.54) is 0 Å². The Bertz CT molecular complexity index is 566. The number of hydrogen-bond acceptors (Lipinski definition) is 5. The molecule has 3 heterocycles. The van der Waals surface area contributed by atoms with Crippen molar-refractivity contribution in [2.45, 2.75) is 19.4 Å². The third kappa shape index (κ3) is 2.68. The molecular formula is C12H16BrN5S. The summed E-state index contributed by atoms with van der Waals surface area (Å²) in [6, 6.07) is 4.25. The first kappa shape index (κ1) is 13.1. The molecule has 1 fully saturated rings. The summed E-state index contributed by atoms with van der Waals surface area (Å²) in [5.41, 5.74) is 6.12. The SMILES string of the molecule is CC1CCN(c2n[nH]c(-c3ccc(Br)s3)n2)CC1N. The number of aromatic nitrogens is 3. The molecule has 0 radical (unpaired) electrons. The van der Waals surface area contributed by atoms with Crippen molar-refractivity contribution < 1.29 is 0 Å². The lowest BCUT2D eigenvalue weighted by Crippen LogP contribution is -2.48. The maximum atomic E-state index is 6.12. The third-order valence-electron chi connectivity index (χ3n) is 3.58. The van der Waals surface area contributed by atoms with Crippen LogP contribution in [0.3, 0.4) is 0 Å². The van der Waals surface area contributed by atoms with Gasteiger partial charge in [0.05, 0.1) is 8.66 Å². The molecule has 3 N–H and O–H groups in total. The van der Waals surface area contributed by atoms with E-state index in [0.717, 1.165) is 39.9 Å². The van der Waals surface area contributed by atoms with Gasteiger partial charge in [-0.2, -0.15) is 4.98 Å². The van der Waals surface area contributed by atoms with Crippen LogP contribution in [0.1, 0.15) is 13.3 Å². The molecule has 2 unspecified atom stereocenters. The van der Waals surface area contributed by atoms with Crippen molar-refractivity contribution in [1.82, 2.24) is 15.2 Å². The number of nitrogens with two attached hydrogens (primary N) is 1. The topological polar surface area (TPSA) is 70.8 Å². The van der Waals surface area contributed by atoms with Crippen LogP contribution in [-0.2, 0) is 0 Å². The monoisotopic (exact) mass is 341 g/mol. The summed E-state index contributed by atoms with van der Waals surface area (Å²) in [7, 11) is 0. The predicted octanol–water partition coefficient (Wildman–Crippen LogP) is 2.47. The molecule has 7 heteroatoms. The average molecular weight is 342 g/mol. The molecule has 0 amide bonds. The molecule has 2 aromatic heterocycles. The number of thiophene rings is 1. The normalized spacial score (nSPS) is 23.8. The highest BCUT2D eigenvalue weighted by Crippen LogP contribution is 2.30. The molecule has 19 heavy (non-hydrogen) atoms. The number of nitrogens with zero attached hydrogens (tertiary/aromatic N) is 3. The standard InChI is InChI=1S/C12H16BrN5S/c1-7-4-5-18(6-8(7)14)12-15-11(16-17-12)9-2-3-10(13)19-9/h2-3,7-8H,4-6,14H2,1H3,(H,15,16,17). The van der Waals surface area contributed by atoms with Gasteiger partial charge in [0.1, 0.15) is 0 Å². The van der Waals surface area contributed by atoms with Crippen LogP contribution in [0.5, 0.6) is 0 Å². The van der Waals surface area contributed by atoms with Gasteiger partial charge in [-0.1, -0.05) is 6.92 Å². The molecule has 102 valence electrons. The van der Waals surface area contributed by atoms with Crippen LogP contribution < -0.4 is 10.6 Å². The maximum Gasteiger partial charge on any atom is 0.245 e. The van der Waals surface area contributed by atoms with E-state index in [1.54, 1.807) is 11.3 Å². The van der Waals surface area contributed by atoms with Crippen molar-refractivity contribution >= 4 is 33.2 Å². The molecule has 1 aliphatic heterocycles. The molecule has 5 nitrogen and oxygen atoms in total. The van der Waals surface area contributed by atoms with Gasteiger partial charge in [-0.25, -0.2) is 0 Å². The van der Waals surface area contributed by atoms with E-state index in [2.05, 4.69) is 42.9 Å². The number of nitrogens with one attached hydrogen (secondary N) is 1. The van der Waals surface area contributed by atoms with Gasteiger partial charge >= 0.3 is 0 Å². The van der Waals surface area contributed by atoms with Gasteiger partial charge in [0.15, 0.2) is 5.82 Å². The molecule has 2 atom stereocenters. The quantitative estimate of drug-likeness (QED) is 0.880. The van der Waals surface area contributed by atoms with E-state index in [1.807, 2.05) is 12.1 Å². The second kappa shape index (κ2) is 5.22. The minimum Gasteiger partial charge on any atom is -0.338 e. The lowest BCUT2D eigenvalue weighted by atomic mass is 9.95. The first-order valence-electron chi connectivity index (χ1n) is 6.32. The fourth-order valence-corrected chi connectivity index (χ4v) is 3.55. The Morgan fingerprint density at radius 2 is 2.37 bits per heavy atom. The zero-order chi connectivity index (χ0) is 13.4. The van der Waals surface area contributed by atoms with E-state index < -0.39 is 0 Å². The number of hydrogen-bond donors (Lipinski definition) is 2. The number of halogens is 1. The zero-order valence-corrected chi connectivity index (χ0v) is 13.0. The summed E-state index contributed by atoms with van der Waals surface area (Å²) in [4.78, 5) is 7.81. The minimum absolute atomic E-state index is 0.201. The minimum atomic E-state index is 0.201. The number of H-pyrrole nitrogens is 1. The highest BCUT2D eigenvalue weighted by Gasteiger charge is 2.25. The molecule has 3 rings (SSSR count). The summed E-state index contributed by atoms with van der Waals surface area (Å²) in [5, 5.41) is 7.32. The number of aromatic amines is 1. The Morgan fingerprint density at radius 1 is 1.53 bits per heavy atom. The fraction of sp³-hybridized carbons (Fsp3) is 0.500. The van der Waals surface area contributed by atoms with Crippen LogP contribution in [0.2, 0.25) is 0 Å². The lowest BCUT2D eigenvalue weighted by molar-refractivity contribution is 0.376. The second-order valence-electron chi connectivity index (χ2n) is 4.96. The molecule has 0 spiro atoms. The Balaban J connectivity index is 1.78. The molecule has 0 aromatic carbocycles. The first-order valence-corrected chi connectivity index (χ1v) is 7.93. The number of piperidine rings is 1. The summed E-state index contributed by atoms with van der Waals surface area (Å²) in [6.45, 7) is 4.00. The molecular weight excluding hydrogens is 326 g/mol. The second-order valence-corrected chi connectivity index (χ2v) is 7.43. The van der Waals surface area contributed by atoms with Crippen molar-refractivity contribution in [3.05, 3.63) is 15.9 Å². The van der Waals surface area contributed by atoms with Crippen molar-refractivity contribution in [2.75, 3.05) is 18.0 Å². The van der Waals surface area contributed by atoms with Crippen LogP contribution in [0.4, 0.5) is 5.95 Å². The smallest absolute Gasteiger partial charge is 0.245 e. The average Bonchev–Trinajstić information content (AvgIpc) is 3.01. The summed E-state index contributed by atoms with van der Waals surface area (Å²) >= 11 is 5.10. The van der Waals surface area contributed by atoms with Gasteiger partial charge in [0.25, 0.3) is 0 Å². The van der Waals surface area contributed by atoms with Gasteiger partial charge in [-0.05, 0) is 40.4 Å². The van der Waals surface area contributed by atoms with Crippen LogP contribution in [0.15, 0.2) is 15.9 Å². The summed E-state index contributed by atoms with van der Waals surface area (Å²) in [6.07, 6.45) is 1.09. The van der Waals surface area contributed by atoms with Crippen LogP contribution in [0, 0.1) is 5.92 Å². The van der Waals surface area contributed by atoms with Gasteiger partial charge < -0.3 is 10.6 Å². The highest BCUT2D eigenvalue weighted by molar-refractivity contribution is 9.11. The highest BCUT2D eigenvalue weighted by atomic mass is 79.9. The van der Waals surface area contributed by atoms with E-state index in [-0.39, 0.29) is 6.04 Å². The number of anilines is 1. The van der Waals surface area contributed by atoms with Crippen molar-refractivity contribution in [1.29, 1.82) is 0 Å². The molecule has 0 bridgehead atoms. The molecule has 0 saturated carbocycles. The molecule has 1 aliphatic rings. The molecule has 2 aromatic rings. The maximum absolute atomic E-state index is 6.12. The van der Waals surface area contributed by atoms with E-state index in [0.29, 0.717) is 5.92 Å².